The van der Waals surface area contributed by atoms with Crippen molar-refractivity contribution in [3.8, 4) is 0 Å². The minimum atomic E-state index is -2.95. The van der Waals surface area contributed by atoms with Crippen LogP contribution >= 0.6 is 0 Å². The first-order valence-corrected chi connectivity index (χ1v) is 7.44. The summed E-state index contributed by atoms with van der Waals surface area (Å²) in [5.74, 6) is -0.685. The summed E-state index contributed by atoms with van der Waals surface area (Å²) in [4.78, 5) is 24.3. The topological polar surface area (TPSA) is 92.8 Å². The number of esters is 1. The molecule has 0 aromatic rings. The number of methoxy groups -OCH3 is 1. The molecule has 0 radical (unpaired) electrons. The largest absolute Gasteiger partial charge is 0.467 e. The quantitative estimate of drug-likeness (QED) is 0.622. The predicted octanol–water partition coefficient (Wildman–Crippen LogP) is -1.61. The maximum absolute atomic E-state index is 11.5. The molecule has 1 unspecified atom stereocenters. The minimum Gasteiger partial charge on any atom is -0.467 e. The van der Waals surface area contributed by atoms with Crippen LogP contribution in [-0.2, 0) is 24.2 Å². The number of carbonyl (C=O) groups is 2. The van der Waals surface area contributed by atoms with Crippen molar-refractivity contribution < 1.29 is 22.7 Å². The molecular weight excluding hydrogens is 260 g/mol. The van der Waals surface area contributed by atoms with E-state index >= 15 is 0 Å². The summed E-state index contributed by atoms with van der Waals surface area (Å²) in [5, 5.41) is 2.49. The molecule has 1 aliphatic heterocycles. The van der Waals surface area contributed by atoms with Gasteiger partial charge in [0, 0.05) is 26.6 Å². The van der Waals surface area contributed by atoms with E-state index in [4.69, 9.17) is 0 Å². The normalized spacial score (nSPS) is 21.0. The molecule has 1 aliphatic rings. The lowest BCUT2D eigenvalue weighted by molar-refractivity contribution is -0.145. The zero-order chi connectivity index (χ0) is 13.8. The third-order valence-electron chi connectivity index (χ3n) is 2.74. The van der Waals surface area contributed by atoms with Gasteiger partial charge < -0.3 is 10.1 Å². The highest BCUT2D eigenvalue weighted by Crippen LogP contribution is 2.05. The fourth-order valence-corrected chi connectivity index (χ4v) is 3.03. The van der Waals surface area contributed by atoms with Crippen molar-refractivity contribution in [2.24, 2.45) is 0 Å². The van der Waals surface area contributed by atoms with E-state index in [0.29, 0.717) is 13.1 Å². The number of nitrogens with one attached hydrogen (secondary N) is 1. The molecule has 18 heavy (non-hydrogen) atoms. The van der Waals surface area contributed by atoms with E-state index in [9.17, 15) is 18.0 Å². The second-order valence-electron chi connectivity index (χ2n) is 4.23. The Balaban J connectivity index is 2.56. The maximum atomic E-state index is 11.5. The Morgan fingerprint density at radius 1 is 1.33 bits per heavy atom. The first-order chi connectivity index (χ1) is 8.34. The van der Waals surface area contributed by atoms with Gasteiger partial charge in [-0.25, -0.2) is 13.2 Å². The summed E-state index contributed by atoms with van der Waals surface area (Å²) < 4.78 is 27.1. The van der Waals surface area contributed by atoms with Gasteiger partial charge >= 0.3 is 5.97 Å². The summed E-state index contributed by atoms with van der Waals surface area (Å²) in [5.41, 5.74) is 0. The molecule has 1 fully saturated rings. The Hall–Kier alpha value is -1.15. The van der Waals surface area contributed by atoms with Crippen LogP contribution in [0.5, 0.6) is 0 Å². The molecule has 104 valence electrons. The summed E-state index contributed by atoms with van der Waals surface area (Å²) in [6.45, 7) is 2.32. The molecule has 1 saturated heterocycles. The van der Waals surface area contributed by atoms with E-state index in [1.165, 1.54) is 14.0 Å². The van der Waals surface area contributed by atoms with Gasteiger partial charge in [0.2, 0.25) is 5.91 Å². The number of rotatable bonds is 4. The van der Waals surface area contributed by atoms with Gasteiger partial charge in [-0.3, -0.25) is 9.69 Å². The van der Waals surface area contributed by atoms with E-state index < -0.39 is 21.8 Å². The number of carbonyl (C=O) groups excluding carboxylic acids is 2. The smallest absolute Gasteiger partial charge is 0.329 e. The Labute approximate surface area is 106 Å². The average Bonchev–Trinajstić information content (AvgIpc) is 2.29. The van der Waals surface area contributed by atoms with Crippen LogP contribution in [0.25, 0.3) is 0 Å². The molecule has 0 saturated carbocycles. The van der Waals surface area contributed by atoms with Crippen molar-refractivity contribution in [1.82, 2.24) is 10.2 Å². The molecule has 0 aliphatic carbocycles. The molecule has 7 nitrogen and oxygen atoms in total. The van der Waals surface area contributed by atoms with E-state index in [-0.39, 0.29) is 24.0 Å². The molecule has 8 heteroatoms. The summed E-state index contributed by atoms with van der Waals surface area (Å²) >= 11 is 0. The molecule has 0 spiro atoms. The Morgan fingerprint density at radius 2 is 1.89 bits per heavy atom. The monoisotopic (exact) mass is 278 g/mol. The van der Waals surface area contributed by atoms with Crippen molar-refractivity contribution in [3.05, 3.63) is 0 Å². The first kappa shape index (κ1) is 14.9. The zero-order valence-electron chi connectivity index (χ0n) is 10.5. The van der Waals surface area contributed by atoms with Crippen molar-refractivity contribution in [2.45, 2.75) is 13.0 Å². The lowest BCUT2D eigenvalue weighted by Gasteiger charge is -2.29. The van der Waals surface area contributed by atoms with Crippen molar-refractivity contribution in [3.63, 3.8) is 0 Å². The van der Waals surface area contributed by atoms with Gasteiger partial charge in [0.05, 0.1) is 18.6 Å². The van der Waals surface area contributed by atoms with Gasteiger partial charge in [-0.05, 0) is 0 Å². The predicted molar refractivity (Wildman–Crippen MR) is 64.7 cm³/mol. The van der Waals surface area contributed by atoms with Crippen molar-refractivity contribution >= 4 is 21.7 Å². The van der Waals surface area contributed by atoms with Crippen LogP contribution in [0.3, 0.4) is 0 Å². The highest BCUT2D eigenvalue weighted by Gasteiger charge is 2.27. The molecule has 1 heterocycles. The van der Waals surface area contributed by atoms with Gasteiger partial charge in [0.1, 0.15) is 6.04 Å². The van der Waals surface area contributed by atoms with Gasteiger partial charge in [-0.15, -0.1) is 0 Å². The fraction of sp³-hybridized carbons (Fsp3) is 0.800. The Morgan fingerprint density at radius 3 is 2.33 bits per heavy atom. The minimum absolute atomic E-state index is 0.0843. The number of nitrogens with zero attached hydrogens (tertiary/aromatic N) is 1. The van der Waals surface area contributed by atoms with Crippen LogP contribution in [0.15, 0.2) is 0 Å². The summed E-state index contributed by atoms with van der Waals surface area (Å²) in [6, 6.07) is -0.756. The molecule has 1 atom stereocenters. The highest BCUT2D eigenvalue weighted by molar-refractivity contribution is 7.91. The number of amides is 1. The van der Waals surface area contributed by atoms with E-state index in [1.807, 2.05) is 4.90 Å². The maximum Gasteiger partial charge on any atom is 0.329 e. The van der Waals surface area contributed by atoms with E-state index in [2.05, 4.69) is 10.1 Å². The first-order valence-electron chi connectivity index (χ1n) is 5.62. The highest BCUT2D eigenvalue weighted by atomic mass is 32.2. The fourth-order valence-electron chi connectivity index (χ4n) is 1.76. The summed E-state index contributed by atoms with van der Waals surface area (Å²) in [6.07, 6.45) is 0. The molecule has 0 bridgehead atoms. The average molecular weight is 278 g/mol. The number of hydrogen-bond acceptors (Lipinski definition) is 6. The van der Waals surface area contributed by atoms with Crippen LogP contribution in [0, 0.1) is 0 Å². The molecule has 0 aromatic carbocycles. The van der Waals surface area contributed by atoms with Gasteiger partial charge in [-0.2, -0.15) is 0 Å². The van der Waals surface area contributed by atoms with Crippen LogP contribution in [0.4, 0.5) is 0 Å². The van der Waals surface area contributed by atoms with Crippen LogP contribution < -0.4 is 5.32 Å². The third-order valence-corrected chi connectivity index (χ3v) is 4.35. The van der Waals surface area contributed by atoms with Crippen LogP contribution in [0.2, 0.25) is 0 Å². The Kier molecular flexibility index (Phi) is 5.09. The van der Waals surface area contributed by atoms with E-state index in [1.54, 1.807) is 0 Å². The lowest BCUT2D eigenvalue weighted by atomic mass is 10.2. The molecular formula is C10H18N2O5S. The summed E-state index contributed by atoms with van der Waals surface area (Å²) in [7, 11) is -1.70. The van der Waals surface area contributed by atoms with Crippen molar-refractivity contribution in [2.75, 3.05) is 38.2 Å². The Bertz CT molecular complexity index is 406. The van der Waals surface area contributed by atoms with Gasteiger partial charge in [0.25, 0.3) is 0 Å². The molecule has 1 N–H and O–H groups in total. The molecule has 1 rings (SSSR count). The number of sulfone groups is 1. The van der Waals surface area contributed by atoms with Gasteiger partial charge in [-0.1, -0.05) is 0 Å². The van der Waals surface area contributed by atoms with Crippen molar-refractivity contribution in [1.29, 1.82) is 0 Å². The third kappa shape index (κ3) is 4.61. The SMILES string of the molecule is COC(=O)C(CN1CCS(=O)(=O)CC1)NC(C)=O. The number of hydrogen-bond donors (Lipinski definition) is 1. The number of ether oxygens (including phenoxy) is 1. The second-order valence-corrected chi connectivity index (χ2v) is 6.53. The van der Waals surface area contributed by atoms with Gasteiger partial charge in [0.15, 0.2) is 9.84 Å². The van der Waals surface area contributed by atoms with E-state index in [0.717, 1.165) is 0 Å². The van der Waals surface area contributed by atoms with Crippen LogP contribution in [-0.4, -0.2) is 69.5 Å². The zero-order valence-corrected chi connectivity index (χ0v) is 11.3. The second kappa shape index (κ2) is 6.14. The van der Waals surface area contributed by atoms with Crippen LogP contribution in [0.1, 0.15) is 6.92 Å². The standard InChI is InChI=1S/C10H18N2O5S/c1-8(13)11-9(10(14)17-2)7-12-3-5-18(15,16)6-4-12/h9H,3-7H2,1-2H3,(H,11,13). The molecule has 0 aromatic heterocycles. The molecule has 1 amide bonds. The lowest BCUT2D eigenvalue weighted by Crippen LogP contribution is -2.51.